The van der Waals surface area contributed by atoms with E-state index in [0.29, 0.717) is 18.0 Å². The molecule has 4 rings (SSSR count). The molecule has 3 aromatic carbocycles. The fourth-order valence-corrected chi connectivity index (χ4v) is 4.41. The molecule has 0 fully saturated rings. The van der Waals surface area contributed by atoms with Crippen LogP contribution in [-0.4, -0.2) is 12.6 Å². The number of halogens is 1. The number of allylic oxidation sites excluding steroid dienone is 1. The molecular formula is C27H29FN2O2. The SMILES string of the molecule is COc1cc(F)ccc1-c1ccc2c(c1COc1cc(N)ccc1C)C(C)=CC(C)(C)N2. The number of ether oxygens (including phenoxy) is 2. The molecule has 0 aliphatic carbocycles. The van der Waals surface area contributed by atoms with E-state index < -0.39 is 0 Å². The molecule has 0 saturated heterocycles. The first-order chi connectivity index (χ1) is 15.2. The zero-order chi connectivity index (χ0) is 23.0. The number of fused-ring (bicyclic) bond motifs is 1. The van der Waals surface area contributed by atoms with Crippen molar-refractivity contribution in [2.75, 3.05) is 18.2 Å². The normalized spacial score (nSPS) is 14.2. The van der Waals surface area contributed by atoms with Gasteiger partial charge in [-0.05, 0) is 68.7 Å². The number of anilines is 2. The summed E-state index contributed by atoms with van der Waals surface area (Å²) in [6.07, 6.45) is 2.22. The van der Waals surface area contributed by atoms with Crippen molar-refractivity contribution >= 4 is 16.9 Å². The quantitative estimate of drug-likeness (QED) is 0.447. The monoisotopic (exact) mass is 432 g/mol. The molecule has 1 heterocycles. The van der Waals surface area contributed by atoms with E-state index in [1.165, 1.54) is 12.1 Å². The molecule has 0 unspecified atom stereocenters. The van der Waals surface area contributed by atoms with E-state index in [2.05, 4.69) is 38.2 Å². The van der Waals surface area contributed by atoms with Crippen LogP contribution in [0.5, 0.6) is 11.5 Å². The maximum Gasteiger partial charge on any atom is 0.129 e. The molecule has 3 aromatic rings. The van der Waals surface area contributed by atoms with Gasteiger partial charge in [0.05, 0.1) is 12.6 Å². The lowest BCUT2D eigenvalue weighted by atomic mass is 9.85. The van der Waals surface area contributed by atoms with Crippen LogP contribution in [-0.2, 0) is 6.61 Å². The highest BCUT2D eigenvalue weighted by Crippen LogP contribution is 2.43. The van der Waals surface area contributed by atoms with Crippen LogP contribution in [0, 0.1) is 12.7 Å². The Kier molecular flexibility index (Phi) is 5.59. The van der Waals surface area contributed by atoms with Crippen molar-refractivity contribution in [2.45, 2.75) is 39.8 Å². The Morgan fingerprint density at radius 1 is 0.969 bits per heavy atom. The Labute approximate surface area is 188 Å². The number of benzene rings is 3. The standard InChI is InChI=1S/C27H29FN2O2/c1-16-6-8-19(29)13-24(16)32-15-22-20(21-9-7-18(28)12-25(21)31-5)10-11-23-26(22)17(2)14-27(3,4)30-23/h6-14,30H,15,29H2,1-5H3. The number of hydrogen-bond acceptors (Lipinski definition) is 4. The van der Waals surface area contributed by atoms with Gasteiger partial charge in [-0.15, -0.1) is 0 Å². The summed E-state index contributed by atoms with van der Waals surface area (Å²) >= 11 is 0. The Hall–Kier alpha value is -3.47. The Morgan fingerprint density at radius 3 is 2.47 bits per heavy atom. The van der Waals surface area contributed by atoms with Crippen LogP contribution < -0.4 is 20.5 Å². The first-order valence-corrected chi connectivity index (χ1v) is 10.7. The first-order valence-electron chi connectivity index (χ1n) is 10.7. The largest absolute Gasteiger partial charge is 0.496 e. The topological polar surface area (TPSA) is 56.5 Å². The average Bonchev–Trinajstić information content (AvgIpc) is 2.73. The van der Waals surface area contributed by atoms with Crippen molar-refractivity contribution in [3.05, 3.63) is 77.1 Å². The zero-order valence-corrected chi connectivity index (χ0v) is 19.2. The Morgan fingerprint density at radius 2 is 1.72 bits per heavy atom. The maximum atomic E-state index is 13.9. The van der Waals surface area contributed by atoms with E-state index in [-0.39, 0.29) is 11.4 Å². The lowest BCUT2D eigenvalue weighted by Crippen LogP contribution is -2.32. The second-order valence-corrected chi connectivity index (χ2v) is 8.85. The number of hydrogen-bond donors (Lipinski definition) is 2. The Balaban J connectivity index is 1.88. The van der Waals surface area contributed by atoms with E-state index in [4.69, 9.17) is 15.2 Å². The van der Waals surface area contributed by atoms with Gasteiger partial charge in [0.2, 0.25) is 0 Å². The van der Waals surface area contributed by atoms with Crippen molar-refractivity contribution in [2.24, 2.45) is 0 Å². The van der Waals surface area contributed by atoms with E-state index in [9.17, 15) is 4.39 Å². The average molecular weight is 433 g/mol. The van der Waals surface area contributed by atoms with Crippen molar-refractivity contribution in [1.82, 2.24) is 0 Å². The number of nitrogens with one attached hydrogen (secondary N) is 1. The minimum atomic E-state index is -0.337. The van der Waals surface area contributed by atoms with Gasteiger partial charge in [-0.2, -0.15) is 0 Å². The highest BCUT2D eigenvalue weighted by molar-refractivity contribution is 5.88. The fourth-order valence-electron chi connectivity index (χ4n) is 4.41. The van der Waals surface area contributed by atoms with Gasteiger partial charge in [-0.3, -0.25) is 0 Å². The van der Waals surface area contributed by atoms with Crippen LogP contribution >= 0.6 is 0 Å². The third kappa shape index (κ3) is 4.15. The third-order valence-electron chi connectivity index (χ3n) is 5.78. The van der Waals surface area contributed by atoms with Crippen LogP contribution in [0.15, 0.2) is 54.6 Å². The fraction of sp³-hybridized carbons (Fsp3) is 0.259. The van der Waals surface area contributed by atoms with Crippen molar-refractivity contribution in [3.63, 3.8) is 0 Å². The summed E-state index contributed by atoms with van der Waals surface area (Å²) in [5.41, 5.74) is 13.5. The molecule has 1 aliphatic heterocycles. The van der Waals surface area contributed by atoms with Crippen LogP contribution in [0.4, 0.5) is 15.8 Å². The number of nitrogens with two attached hydrogens (primary N) is 1. The van der Waals surface area contributed by atoms with Gasteiger partial charge in [0, 0.05) is 40.2 Å². The molecular weight excluding hydrogens is 403 g/mol. The van der Waals surface area contributed by atoms with Crippen molar-refractivity contribution < 1.29 is 13.9 Å². The van der Waals surface area contributed by atoms with E-state index >= 15 is 0 Å². The highest BCUT2D eigenvalue weighted by atomic mass is 19.1. The van der Waals surface area contributed by atoms with Crippen LogP contribution in [0.3, 0.4) is 0 Å². The van der Waals surface area contributed by atoms with Crippen molar-refractivity contribution in [1.29, 1.82) is 0 Å². The maximum absolute atomic E-state index is 13.9. The third-order valence-corrected chi connectivity index (χ3v) is 5.78. The summed E-state index contributed by atoms with van der Waals surface area (Å²) in [6.45, 7) is 8.72. The summed E-state index contributed by atoms with van der Waals surface area (Å²) in [4.78, 5) is 0. The Bertz CT molecular complexity index is 1210. The van der Waals surface area contributed by atoms with Crippen molar-refractivity contribution in [3.8, 4) is 22.6 Å². The number of rotatable bonds is 5. The summed E-state index contributed by atoms with van der Waals surface area (Å²) in [5.74, 6) is 0.888. The van der Waals surface area contributed by atoms with E-state index in [0.717, 1.165) is 44.8 Å². The molecule has 0 saturated carbocycles. The second-order valence-electron chi connectivity index (χ2n) is 8.85. The number of methoxy groups -OCH3 is 1. The number of nitrogen functional groups attached to an aromatic ring is 1. The van der Waals surface area contributed by atoms with Gasteiger partial charge in [-0.25, -0.2) is 4.39 Å². The van der Waals surface area contributed by atoms with E-state index in [1.807, 2.05) is 31.2 Å². The van der Waals surface area contributed by atoms with Gasteiger partial charge in [0.1, 0.15) is 23.9 Å². The molecule has 0 aromatic heterocycles. The lowest BCUT2D eigenvalue weighted by molar-refractivity contribution is 0.304. The summed E-state index contributed by atoms with van der Waals surface area (Å²) in [7, 11) is 1.55. The second kappa shape index (κ2) is 8.23. The molecule has 32 heavy (non-hydrogen) atoms. The minimum absolute atomic E-state index is 0.158. The van der Waals surface area contributed by atoms with Crippen LogP contribution in [0.25, 0.3) is 16.7 Å². The molecule has 166 valence electrons. The van der Waals surface area contributed by atoms with Gasteiger partial charge in [0.25, 0.3) is 0 Å². The lowest BCUT2D eigenvalue weighted by Gasteiger charge is -2.33. The molecule has 1 aliphatic rings. The van der Waals surface area contributed by atoms with E-state index in [1.54, 1.807) is 13.2 Å². The zero-order valence-electron chi connectivity index (χ0n) is 19.2. The summed E-state index contributed by atoms with van der Waals surface area (Å²) in [6, 6.07) is 14.4. The molecule has 0 atom stereocenters. The smallest absolute Gasteiger partial charge is 0.129 e. The summed E-state index contributed by atoms with van der Waals surface area (Å²) in [5, 5.41) is 3.60. The van der Waals surface area contributed by atoms with Gasteiger partial charge >= 0.3 is 0 Å². The van der Waals surface area contributed by atoms with Gasteiger partial charge in [0.15, 0.2) is 0 Å². The number of aryl methyl sites for hydroxylation is 1. The molecule has 0 amide bonds. The first kappa shape index (κ1) is 21.8. The molecule has 0 radical (unpaired) electrons. The molecule has 0 spiro atoms. The summed E-state index contributed by atoms with van der Waals surface area (Å²) < 4.78 is 25.7. The minimum Gasteiger partial charge on any atom is -0.496 e. The van der Waals surface area contributed by atoms with Gasteiger partial charge in [-0.1, -0.05) is 18.2 Å². The van der Waals surface area contributed by atoms with Crippen LogP contribution in [0.2, 0.25) is 0 Å². The van der Waals surface area contributed by atoms with Gasteiger partial charge < -0.3 is 20.5 Å². The molecule has 3 N–H and O–H groups in total. The van der Waals surface area contributed by atoms with Crippen LogP contribution in [0.1, 0.15) is 37.5 Å². The highest BCUT2D eigenvalue weighted by Gasteiger charge is 2.27. The molecule has 0 bridgehead atoms. The molecule has 4 nitrogen and oxygen atoms in total. The predicted octanol–water partition coefficient (Wildman–Crippen LogP) is 6.58. The predicted molar refractivity (Wildman–Crippen MR) is 130 cm³/mol. The molecule has 5 heteroatoms.